The minimum Gasteiger partial charge on any atom is -0.379 e. The van der Waals surface area contributed by atoms with Gasteiger partial charge in [-0.1, -0.05) is 28.1 Å². The van der Waals surface area contributed by atoms with Crippen LogP contribution < -0.4 is 5.73 Å². The predicted octanol–water partition coefficient (Wildman–Crippen LogP) is 2.17. The van der Waals surface area contributed by atoms with Crippen LogP contribution in [-0.2, 0) is 4.74 Å². The standard InChI is InChI=1S/C13H19BrN2O/c1-10(15)13(16-5-7-17-8-6-16)11-3-2-4-12(14)9-11/h2-4,9-10,13H,5-8,15H2,1H3. The van der Waals surface area contributed by atoms with E-state index in [4.69, 9.17) is 10.5 Å². The van der Waals surface area contributed by atoms with Crippen molar-refractivity contribution >= 4 is 15.9 Å². The summed E-state index contributed by atoms with van der Waals surface area (Å²) in [6, 6.07) is 8.80. The van der Waals surface area contributed by atoms with Gasteiger partial charge in [0.2, 0.25) is 0 Å². The molecule has 0 aromatic heterocycles. The molecule has 1 saturated heterocycles. The third-order valence-electron chi connectivity index (χ3n) is 3.13. The van der Waals surface area contributed by atoms with Crippen molar-refractivity contribution in [2.45, 2.75) is 19.0 Å². The molecule has 0 aliphatic carbocycles. The molecule has 0 amide bonds. The first kappa shape index (κ1) is 13.0. The summed E-state index contributed by atoms with van der Waals surface area (Å²) in [6.45, 7) is 5.59. The molecule has 4 heteroatoms. The fraction of sp³-hybridized carbons (Fsp3) is 0.538. The van der Waals surface area contributed by atoms with Gasteiger partial charge < -0.3 is 10.5 Å². The molecule has 1 aromatic rings. The number of morpholine rings is 1. The second kappa shape index (κ2) is 5.96. The van der Waals surface area contributed by atoms with E-state index >= 15 is 0 Å². The molecule has 2 rings (SSSR count). The van der Waals surface area contributed by atoms with Gasteiger partial charge in [0.25, 0.3) is 0 Å². The number of nitrogens with zero attached hydrogens (tertiary/aromatic N) is 1. The summed E-state index contributed by atoms with van der Waals surface area (Å²) in [5.41, 5.74) is 7.43. The van der Waals surface area contributed by atoms with E-state index in [-0.39, 0.29) is 12.1 Å². The van der Waals surface area contributed by atoms with Crippen LogP contribution in [-0.4, -0.2) is 37.2 Å². The number of rotatable bonds is 3. The topological polar surface area (TPSA) is 38.5 Å². The van der Waals surface area contributed by atoms with E-state index < -0.39 is 0 Å². The first-order valence-corrected chi connectivity index (χ1v) is 6.80. The number of hydrogen-bond acceptors (Lipinski definition) is 3. The summed E-state index contributed by atoms with van der Waals surface area (Å²) in [5, 5.41) is 0. The van der Waals surface area contributed by atoms with Crippen LogP contribution in [0, 0.1) is 0 Å². The maximum absolute atomic E-state index is 6.15. The van der Waals surface area contributed by atoms with Gasteiger partial charge in [-0.3, -0.25) is 4.90 Å². The van der Waals surface area contributed by atoms with Gasteiger partial charge in [-0.05, 0) is 24.6 Å². The molecule has 0 radical (unpaired) electrons. The summed E-state index contributed by atoms with van der Waals surface area (Å²) in [5.74, 6) is 0. The van der Waals surface area contributed by atoms with Crippen LogP contribution in [0.1, 0.15) is 18.5 Å². The van der Waals surface area contributed by atoms with Gasteiger partial charge in [0.1, 0.15) is 0 Å². The third kappa shape index (κ3) is 3.28. The smallest absolute Gasteiger partial charge is 0.0594 e. The Morgan fingerprint density at radius 1 is 1.35 bits per heavy atom. The molecule has 0 spiro atoms. The zero-order valence-corrected chi connectivity index (χ0v) is 11.7. The molecule has 94 valence electrons. The Labute approximate surface area is 111 Å². The molecule has 1 aliphatic rings. The van der Waals surface area contributed by atoms with Gasteiger partial charge >= 0.3 is 0 Å². The Kier molecular flexibility index (Phi) is 4.56. The molecule has 1 heterocycles. The summed E-state index contributed by atoms with van der Waals surface area (Å²) >= 11 is 3.52. The van der Waals surface area contributed by atoms with E-state index in [1.54, 1.807) is 0 Å². The zero-order chi connectivity index (χ0) is 12.3. The monoisotopic (exact) mass is 298 g/mol. The predicted molar refractivity (Wildman–Crippen MR) is 72.9 cm³/mol. The van der Waals surface area contributed by atoms with E-state index in [1.807, 2.05) is 6.07 Å². The van der Waals surface area contributed by atoms with Gasteiger partial charge in [-0.2, -0.15) is 0 Å². The minimum atomic E-state index is 0.113. The normalized spacial score (nSPS) is 21.1. The number of hydrogen-bond donors (Lipinski definition) is 1. The van der Waals surface area contributed by atoms with Crippen LogP contribution in [0.5, 0.6) is 0 Å². The van der Waals surface area contributed by atoms with Crippen molar-refractivity contribution in [2.75, 3.05) is 26.3 Å². The molecule has 2 atom stereocenters. The minimum absolute atomic E-state index is 0.113. The van der Waals surface area contributed by atoms with Crippen LogP contribution in [0.2, 0.25) is 0 Å². The summed E-state index contributed by atoms with van der Waals surface area (Å²) in [6.07, 6.45) is 0. The molecular weight excluding hydrogens is 280 g/mol. The Balaban J connectivity index is 2.21. The number of nitrogens with two attached hydrogens (primary N) is 1. The van der Waals surface area contributed by atoms with Crippen molar-refractivity contribution in [3.05, 3.63) is 34.3 Å². The number of benzene rings is 1. The average molecular weight is 299 g/mol. The molecule has 2 N–H and O–H groups in total. The quantitative estimate of drug-likeness (QED) is 0.929. The van der Waals surface area contributed by atoms with Crippen molar-refractivity contribution in [2.24, 2.45) is 5.73 Å². The summed E-state index contributed by atoms with van der Waals surface area (Å²) < 4.78 is 6.50. The van der Waals surface area contributed by atoms with Crippen LogP contribution in [0.15, 0.2) is 28.7 Å². The first-order valence-electron chi connectivity index (χ1n) is 6.01. The highest BCUT2D eigenvalue weighted by Gasteiger charge is 2.25. The molecular formula is C13H19BrN2O. The zero-order valence-electron chi connectivity index (χ0n) is 10.1. The largest absolute Gasteiger partial charge is 0.379 e. The number of halogens is 1. The first-order chi connectivity index (χ1) is 8.18. The van der Waals surface area contributed by atoms with Crippen molar-refractivity contribution < 1.29 is 4.74 Å². The summed E-state index contributed by atoms with van der Waals surface area (Å²) in [7, 11) is 0. The Morgan fingerprint density at radius 3 is 2.65 bits per heavy atom. The van der Waals surface area contributed by atoms with Gasteiger partial charge in [-0.15, -0.1) is 0 Å². The van der Waals surface area contributed by atoms with E-state index in [0.717, 1.165) is 30.8 Å². The molecule has 17 heavy (non-hydrogen) atoms. The maximum Gasteiger partial charge on any atom is 0.0594 e. The highest BCUT2D eigenvalue weighted by molar-refractivity contribution is 9.10. The fourth-order valence-electron chi connectivity index (χ4n) is 2.39. The molecule has 1 fully saturated rings. The fourth-order valence-corrected chi connectivity index (χ4v) is 2.81. The molecule has 0 saturated carbocycles. The number of ether oxygens (including phenoxy) is 1. The van der Waals surface area contributed by atoms with Gasteiger partial charge in [0.15, 0.2) is 0 Å². The van der Waals surface area contributed by atoms with Crippen molar-refractivity contribution in [3.8, 4) is 0 Å². The van der Waals surface area contributed by atoms with Crippen LogP contribution in [0.4, 0.5) is 0 Å². The van der Waals surface area contributed by atoms with Gasteiger partial charge in [0.05, 0.1) is 13.2 Å². The van der Waals surface area contributed by atoms with E-state index in [2.05, 4.69) is 46.0 Å². The average Bonchev–Trinajstić information content (AvgIpc) is 2.30. The molecule has 2 unspecified atom stereocenters. The van der Waals surface area contributed by atoms with Crippen LogP contribution >= 0.6 is 15.9 Å². The van der Waals surface area contributed by atoms with E-state index in [0.29, 0.717) is 0 Å². The second-order valence-corrected chi connectivity index (χ2v) is 5.42. The Bertz CT molecular complexity index is 364. The molecule has 1 aliphatic heterocycles. The van der Waals surface area contributed by atoms with Gasteiger partial charge in [0, 0.05) is 29.6 Å². The van der Waals surface area contributed by atoms with Crippen LogP contribution in [0.3, 0.4) is 0 Å². The lowest BCUT2D eigenvalue weighted by atomic mass is 9.99. The SMILES string of the molecule is CC(N)C(c1cccc(Br)c1)N1CCOCC1. The van der Waals surface area contributed by atoms with Gasteiger partial charge in [-0.25, -0.2) is 0 Å². The second-order valence-electron chi connectivity index (χ2n) is 4.51. The Morgan fingerprint density at radius 2 is 2.06 bits per heavy atom. The molecule has 1 aromatic carbocycles. The van der Waals surface area contributed by atoms with Crippen molar-refractivity contribution in [1.29, 1.82) is 0 Å². The van der Waals surface area contributed by atoms with Crippen molar-refractivity contribution in [1.82, 2.24) is 4.90 Å². The maximum atomic E-state index is 6.15. The lowest BCUT2D eigenvalue weighted by molar-refractivity contribution is 0.0116. The molecule has 0 bridgehead atoms. The van der Waals surface area contributed by atoms with E-state index in [9.17, 15) is 0 Å². The lowest BCUT2D eigenvalue weighted by Crippen LogP contribution is -2.45. The van der Waals surface area contributed by atoms with Crippen LogP contribution in [0.25, 0.3) is 0 Å². The highest BCUT2D eigenvalue weighted by atomic mass is 79.9. The van der Waals surface area contributed by atoms with E-state index in [1.165, 1.54) is 5.56 Å². The summed E-state index contributed by atoms with van der Waals surface area (Å²) in [4.78, 5) is 2.41. The van der Waals surface area contributed by atoms with Crippen molar-refractivity contribution in [3.63, 3.8) is 0 Å². The lowest BCUT2D eigenvalue weighted by Gasteiger charge is -2.37. The third-order valence-corrected chi connectivity index (χ3v) is 3.62. The molecule has 3 nitrogen and oxygen atoms in total. The highest BCUT2D eigenvalue weighted by Crippen LogP contribution is 2.26. The Hall–Kier alpha value is -0.420.